The SMILES string of the molecule is OC(CNc1ccccc1F)c1cc(Cl)ccc1Cl. The minimum atomic E-state index is -0.870. The maximum Gasteiger partial charge on any atom is 0.146 e. The zero-order valence-electron chi connectivity index (χ0n) is 9.91. The Morgan fingerprint density at radius 2 is 1.89 bits per heavy atom. The number of rotatable bonds is 4. The lowest BCUT2D eigenvalue weighted by Crippen LogP contribution is -2.13. The predicted molar refractivity (Wildman–Crippen MR) is 76.3 cm³/mol. The van der Waals surface area contributed by atoms with Gasteiger partial charge in [0.1, 0.15) is 5.82 Å². The van der Waals surface area contributed by atoms with Crippen LogP contribution >= 0.6 is 23.2 Å². The second kappa shape index (κ2) is 6.24. The molecule has 0 radical (unpaired) electrons. The molecule has 0 aliphatic carbocycles. The van der Waals surface area contributed by atoms with Gasteiger partial charge < -0.3 is 10.4 Å². The Balaban J connectivity index is 2.07. The summed E-state index contributed by atoms with van der Waals surface area (Å²) in [5.41, 5.74) is 0.845. The summed E-state index contributed by atoms with van der Waals surface area (Å²) in [7, 11) is 0. The van der Waals surface area contributed by atoms with Crippen molar-refractivity contribution in [2.24, 2.45) is 0 Å². The van der Waals surface area contributed by atoms with Crippen molar-refractivity contribution in [2.45, 2.75) is 6.10 Å². The molecule has 0 aliphatic rings. The summed E-state index contributed by atoms with van der Waals surface area (Å²) in [5.74, 6) is -0.369. The first-order valence-electron chi connectivity index (χ1n) is 5.69. The fourth-order valence-electron chi connectivity index (χ4n) is 1.69. The van der Waals surface area contributed by atoms with Crippen molar-refractivity contribution in [1.82, 2.24) is 0 Å². The van der Waals surface area contributed by atoms with E-state index in [0.717, 1.165) is 0 Å². The van der Waals surface area contributed by atoms with Gasteiger partial charge >= 0.3 is 0 Å². The third kappa shape index (κ3) is 3.60. The summed E-state index contributed by atoms with van der Waals surface area (Å²) in [6, 6.07) is 11.1. The number of halogens is 3. The van der Waals surface area contributed by atoms with E-state index in [1.165, 1.54) is 6.07 Å². The van der Waals surface area contributed by atoms with Crippen LogP contribution in [0.3, 0.4) is 0 Å². The van der Waals surface area contributed by atoms with Crippen molar-refractivity contribution in [3.63, 3.8) is 0 Å². The van der Waals surface area contributed by atoms with Crippen molar-refractivity contribution in [3.8, 4) is 0 Å². The lowest BCUT2D eigenvalue weighted by Gasteiger charge is -2.15. The Morgan fingerprint density at radius 3 is 2.63 bits per heavy atom. The summed E-state index contributed by atoms with van der Waals surface area (Å²) in [5, 5.41) is 13.8. The van der Waals surface area contributed by atoms with Gasteiger partial charge in [-0.1, -0.05) is 35.3 Å². The number of anilines is 1. The zero-order valence-corrected chi connectivity index (χ0v) is 11.4. The van der Waals surface area contributed by atoms with E-state index < -0.39 is 6.10 Å². The second-order valence-corrected chi connectivity index (χ2v) is 4.89. The molecule has 0 fully saturated rings. The molecule has 0 aromatic heterocycles. The molecule has 0 saturated heterocycles. The molecule has 0 heterocycles. The number of nitrogens with one attached hydrogen (secondary N) is 1. The van der Waals surface area contributed by atoms with E-state index in [-0.39, 0.29) is 12.4 Å². The number of hydrogen-bond acceptors (Lipinski definition) is 2. The third-order valence-electron chi connectivity index (χ3n) is 2.68. The molecule has 2 rings (SSSR count). The largest absolute Gasteiger partial charge is 0.387 e. The minimum Gasteiger partial charge on any atom is -0.387 e. The van der Waals surface area contributed by atoms with Crippen LogP contribution in [0.15, 0.2) is 42.5 Å². The molecule has 0 spiro atoms. The van der Waals surface area contributed by atoms with Crippen LogP contribution in [0, 0.1) is 5.82 Å². The van der Waals surface area contributed by atoms with Crippen LogP contribution in [0.1, 0.15) is 11.7 Å². The number of para-hydroxylation sites is 1. The van der Waals surface area contributed by atoms with Crippen LogP contribution in [-0.4, -0.2) is 11.7 Å². The fraction of sp³-hybridized carbons (Fsp3) is 0.143. The fourth-order valence-corrected chi connectivity index (χ4v) is 2.12. The molecule has 19 heavy (non-hydrogen) atoms. The maximum absolute atomic E-state index is 13.4. The molecule has 0 amide bonds. The van der Waals surface area contributed by atoms with Gasteiger partial charge in [0.25, 0.3) is 0 Å². The minimum absolute atomic E-state index is 0.140. The van der Waals surface area contributed by atoms with E-state index in [2.05, 4.69) is 5.32 Å². The average Bonchev–Trinajstić information content (AvgIpc) is 2.40. The van der Waals surface area contributed by atoms with Crippen molar-refractivity contribution in [2.75, 3.05) is 11.9 Å². The zero-order chi connectivity index (χ0) is 13.8. The molecular formula is C14H12Cl2FNO. The van der Waals surface area contributed by atoms with E-state index in [0.29, 0.717) is 21.3 Å². The summed E-state index contributed by atoms with van der Waals surface area (Å²) >= 11 is 11.8. The molecule has 2 N–H and O–H groups in total. The molecule has 100 valence electrons. The van der Waals surface area contributed by atoms with Crippen molar-refractivity contribution in [3.05, 3.63) is 63.9 Å². The maximum atomic E-state index is 13.4. The van der Waals surface area contributed by atoms with Gasteiger partial charge in [0, 0.05) is 22.2 Å². The highest BCUT2D eigenvalue weighted by Crippen LogP contribution is 2.26. The Morgan fingerprint density at radius 1 is 1.16 bits per heavy atom. The van der Waals surface area contributed by atoms with Gasteiger partial charge in [-0.3, -0.25) is 0 Å². The highest BCUT2D eigenvalue weighted by Gasteiger charge is 2.12. The Kier molecular flexibility index (Phi) is 4.64. The summed E-state index contributed by atoms with van der Waals surface area (Å²) in [6.07, 6.45) is -0.870. The summed E-state index contributed by atoms with van der Waals surface area (Å²) < 4.78 is 13.4. The molecule has 2 aromatic rings. The number of aliphatic hydroxyl groups excluding tert-OH is 1. The number of hydrogen-bond donors (Lipinski definition) is 2. The van der Waals surface area contributed by atoms with Crippen LogP contribution in [0.4, 0.5) is 10.1 Å². The Bertz CT molecular complexity index is 577. The highest BCUT2D eigenvalue weighted by atomic mass is 35.5. The summed E-state index contributed by atoms with van der Waals surface area (Å²) in [4.78, 5) is 0. The van der Waals surface area contributed by atoms with Gasteiger partial charge in [-0.2, -0.15) is 0 Å². The number of aliphatic hydroxyl groups is 1. The van der Waals surface area contributed by atoms with Gasteiger partial charge in [0.15, 0.2) is 0 Å². The molecule has 2 aromatic carbocycles. The molecule has 0 aliphatic heterocycles. The molecule has 1 atom stereocenters. The lowest BCUT2D eigenvalue weighted by molar-refractivity contribution is 0.191. The second-order valence-electron chi connectivity index (χ2n) is 4.04. The number of benzene rings is 2. The van der Waals surface area contributed by atoms with E-state index in [9.17, 15) is 9.50 Å². The lowest BCUT2D eigenvalue weighted by atomic mass is 10.1. The van der Waals surface area contributed by atoms with Gasteiger partial charge in [-0.15, -0.1) is 0 Å². The molecule has 2 nitrogen and oxygen atoms in total. The van der Waals surface area contributed by atoms with Crippen molar-refractivity contribution in [1.29, 1.82) is 0 Å². The molecule has 0 saturated carbocycles. The first kappa shape index (κ1) is 14.1. The van der Waals surface area contributed by atoms with Crippen LogP contribution in [0.2, 0.25) is 10.0 Å². The van der Waals surface area contributed by atoms with Gasteiger partial charge in [-0.05, 0) is 30.3 Å². The summed E-state index contributed by atoms with van der Waals surface area (Å²) in [6.45, 7) is 0.140. The van der Waals surface area contributed by atoms with Crippen LogP contribution in [0.5, 0.6) is 0 Å². The first-order chi connectivity index (χ1) is 9.08. The molecule has 0 bridgehead atoms. The average molecular weight is 300 g/mol. The van der Waals surface area contributed by atoms with Crippen molar-refractivity contribution < 1.29 is 9.50 Å². The predicted octanol–water partition coefficient (Wildman–Crippen LogP) is 4.28. The van der Waals surface area contributed by atoms with E-state index in [1.807, 2.05) is 0 Å². The normalized spacial score (nSPS) is 12.2. The topological polar surface area (TPSA) is 32.3 Å². The third-order valence-corrected chi connectivity index (χ3v) is 3.26. The van der Waals surface area contributed by atoms with Gasteiger partial charge in [0.05, 0.1) is 11.8 Å². The highest BCUT2D eigenvalue weighted by molar-refractivity contribution is 6.33. The quantitative estimate of drug-likeness (QED) is 0.883. The Hall–Kier alpha value is -1.29. The van der Waals surface area contributed by atoms with E-state index in [1.54, 1.807) is 36.4 Å². The Labute approximate surface area is 120 Å². The standard InChI is InChI=1S/C14H12Cl2FNO/c15-9-5-6-11(16)10(7-9)14(19)8-18-13-4-2-1-3-12(13)17/h1-7,14,18-19H,8H2. The smallest absolute Gasteiger partial charge is 0.146 e. The van der Waals surface area contributed by atoms with Crippen molar-refractivity contribution >= 4 is 28.9 Å². The molecular weight excluding hydrogens is 288 g/mol. The van der Waals surface area contributed by atoms with Crippen LogP contribution < -0.4 is 5.32 Å². The van der Waals surface area contributed by atoms with Crippen LogP contribution in [-0.2, 0) is 0 Å². The first-order valence-corrected chi connectivity index (χ1v) is 6.45. The molecule has 5 heteroatoms. The van der Waals surface area contributed by atoms with Crippen LogP contribution in [0.25, 0.3) is 0 Å². The van der Waals surface area contributed by atoms with Gasteiger partial charge in [-0.25, -0.2) is 4.39 Å². The van der Waals surface area contributed by atoms with E-state index in [4.69, 9.17) is 23.2 Å². The van der Waals surface area contributed by atoms with E-state index >= 15 is 0 Å². The monoisotopic (exact) mass is 299 g/mol. The molecule has 1 unspecified atom stereocenters. The van der Waals surface area contributed by atoms with Gasteiger partial charge in [0.2, 0.25) is 0 Å².